The van der Waals surface area contributed by atoms with Crippen LogP contribution in [0.3, 0.4) is 0 Å². The van der Waals surface area contributed by atoms with E-state index in [1.54, 1.807) is 0 Å². The number of amides is 1. The van der Waals surface area contributed by atoms with Crippen LogP contribution < -0.4 is 10.1 Å². The molecule has 0 heterocycles. The number of benzene rings is 2. The standard InChI is InChI=1S/C22H30N2O4S/c1-14(2)16-8-10-18(19(12-16)15(3)4)22(25)23-20-13-17(9-11-21(20)28-7)29(26,27)24(5)6/h8-15H,1-7H3,(H,23,25). The maximum atomic E-state index is 13.1. The Morgan fingerprint density at radius 2 is 1.66 bits per heavy atom. The number of hydrogen-bond acceptors (Lipinski definition) is 4. The van der Waals surface area contributed by atoms with Gasteiger partial charge in [-0.05, 0) is 47.2 Å². The van der Waals surface area contributed by atoms with Crippen molar-refractivity contribution in [3.8, 4) is 5.75 Å². The fraction of sp³-hybridized carbons (Fsp3) is 0.409. The first-order valence-electron chi connectivity index (χ1n) is 9.54. The van der Waals surface area contributed by atoms with Crippen molar-refractivity contribution in [2.45, 2.75) is 44.4 Å². The molecule has 2 rings (SSSR count). The minimum Gasteiger partial charge on any atom is -0.495 e. The molecule has 0 bridgehead atoms. The summed E-state index contributed by atoms with van der Waals surface area (Å²) in [4.78, 5) is 13.1. The van der Waals surface area contributed by atoms with Gasteiger partial charge in [0.2, 0.25) is 10.0 Å². The molecule has 0 aromatic heterocycles. The lowest BCUT2D eigenvalue weighted by Crippen LogP contribution is -2.22. The Hall–Kier alpha value is -2.38. The summed E-state index contributed by atoms with van der Waals surface area (Å²) < 4.78 is 31.4. The molecule has 0 radical (unpaired) electrons. The fourth-order valence-corrected chi connectivity index (χ4v) is 3.90. The number of nitrogens with zero attached hydrogens (tertiary/aromatic N) is 1. The molecule has 0 fully saturated rings. The Morgan fingerprint density at radius 3 is 2.17 bits per heavy atom. The van der Waals surface area contributed by atoms with Gasteiger partial charge in [-0.15, -0.1) is 0 Å². The summed E-state index contributed by atoms with van der Waals surface area (Å²) in [5, 5.41) is 2.83. The van der Waals surface area contributed by atoms with Gasteiger partial charge in [-0.1, -0.05) is 39.8 Å². The second-order valence-corrected chi connectivity index (χ2v) is 9.91. The summed E-state index contributed by atoms with van der Waals surface area (Å²) >= 11 is 0. The quantitative estimate of drug-likeness (QED) is 0.721. The number of rotatable bonds is 7. The van der Waals surface area contributed by atoms with Crippen LogP contribution in [0.25, 0.3) is 0 Å². The number of carbonyl (C=O) groups excluding carboxylic acids is 1. The Morgan fingerprint density at radius 1 is 1.00 bits per heavy atom. The molecule has 1 N–H and O–H groups in total. The molecule has 29 heavy (non-hydrogen) atoms. The fourth-order valence-electron chi connectivity index (χ4n) is 2.97. The predicted molar refractivity (Wildman–Crippen MR) is 116 cm³/mol. The zero-order valence-electron chi connectivity index (χ0n) is 18.1. The van der Waals surface area contributed by atoms with Crippen LogP contribution in [0.15, 0.2) is 41.3 Å². The van der Waals surface area contributed by atoms with Crippen molar-refractivity contribution in [3.63, 3.8) is 0 Å². The molecule has 0 saturated carbocycles. The molecule has 0 spiro atoms. The van der Waals surface area contributed by atoms with Crippen LogP contribution in [-0.4, -0.2) is 39.8 Å². The topological polar surface area (TPSA) is 75.7 Å². The van der Waals surface area contributed by atoms with Gasteiger partial charge in [0.1, 0.15) is 5.75 Å². The summed E-state index contributed by atoms with van der Waals surface area (Å²) in [5.74, 6) is 0.608. The first-order valence-corrected chi connectivity index (χ1v) is 11.0. The van der Waals surface area contributed by atoms with Crippen molar-refractivity contribution in [3.05, 3.63) is 53.1 Å². The number of anilines is 1. The summed E-state index contributed by atoms with van der Waals surface area (Å²) in [6, 6.07) is 10.3. The third-order valence-corrected chi connectivity index (χ3v) is 6.62. The van der Waals surface area contributed by atoms with Crippen molar-refractivity contribution in [2.75, 3.05) is 26.5 Å². The summed E-state index contributed by atoms with van der Waals surface area (Å²) in [7, 11) is 0.762. The summed E-state index contributed by atoms with van der Waals surface area (Å²) in [6.45, 7) is 8.31. The lowest BCUT2D eigenvalue weighted by Gasteiger charge is -2.18. The number of sulfonamides is 1. The molecule has 0 aliphatic heterocycles. The highest BCUT2D eigenvalue weighted by Gasteiger charge is 2.21. The minimum atomic E-state index is -3.64. The summed E-state index contributed by atoms with van der Waals surface area (Å²) in [6.07, 6.45) is 0. The zero-order chi connectivity index (χ0) is 21.9. The van der Waals surface area contributed by atoms with Gasteiger partial charge in [0.05, 0.1) is 17.7 Å². The highest BCUT2D eigenvalue weighted by Crippen LogP contribution is 2.30. The van der Waals surface area contributed by atoms with Crippen LogP contribution in [0, 0.1) is 0 Å². The first-order chi connectivity index (χ1) is 13.5. The molecule has 0 aliphatic carbocycles. The van der Waals surface area contributed by atoms with E-state index in [4.69, 9.17) is 4.74 Å². The number of methoxy groups -OCH3 is 1. The Balaban J connectivity index is 2.47. The zero-order valence-corrected chi connectivity index (χ0v) is 18.9. The highest BCUT2D eigenvalue weighted by molar-refractivity contribution is 7.89. The Kier molecular flexibility index (Phi) is 7.08. The van der Waals surface area contributed by atoms with E-state index in [2.05, 4.69) is 25.2 Å². The molecule has 0 unspecified atom stereocenters. The van der Waals surface area contributed by atoms with Crippen LogP contribution in [-0.2, 0) is 10.0 Å². The molecular formula is C22H30N2O4S. The van der Waals surface area contributed by atoms with Gasteiger partial charge >= 0.3 is 0 Å². The number of nitrogens with one attached hydrogen (secondary N) is 1. The van der Waals surface area contributed by atoms with Crippen molar-refractivity contribution in [2.24, 2.45) is 0 Å². The lowest BCUT2D eigenvalue weighted by molar-refractivity contribution is 0.102. The van der Waals surface area contributed by atoms with Crippen LogP contribution >= 0.6 is 0 Å². The lowest BCUT2D eigenvalue weighted by atomic mass is 9.91. The monoisotopic (exact) mass is 418 g/mol. The molecule has 2 aromatic rings. The van der Waals surface area contributed by atoms with Crippen molar-refractivity contribution >= 4 is 21.6 Å². The van der Waals surface area contributed by atoms with E-state index in [1.165, 1.54) is 45.0 Å². The van der Waals surface area contributed by atoms with Gasteiger partial charge in [0, 0.05) is 19.7 Å². The molecule has 0 aliphatic rings. The first kappa shape index (κ1) is 22.9. The van der Waals surface area contributed by atoms with E-state index >= 15 is 0 Å². The van der Waals surface area contributed by atoms with Crippen LogP contribution in [0.1, 0.15) is 61.0 Å². The molecular weight excluding hydrogens is 388 g/mol. The third kappa shape index (κ3) is 4.97. The van der Waals surface area contributed by atoms with Gasteiger partial charge < -0.3 is 10.1 Å². The second-order valence-electron chi connectivity index (χ2n) is 7.76. The largest absolute Gasteiger partial charge is 0.495 e. The van der Waals surface area contributed by atoms with Crippen molar-refractivity contribution in [1.82, 2.24) is 4.31 Å². The third-order valence-electron chi connectivity index (χ3n) is 4.81. The van der Waals surface area contributed by atoms with Crippen LogP contribution in [0.2, 0.25) is 0 Å². The molecule has 0 atom stereocenters. The maximum absolute atomic E-state index is 13.1. The molecule has 6 nitrogen and oxygen atoms in total. The smallest absolute Gasteiger partial charge is 0.256 e. The number of hydrogen-bond donors (Lipinski definition) is 1. The predicted octanol–water partition coefficient (Wildman–Crippen LogP) is 4.44. The van der Waals surface area contributed by atoms with E-state index in [0.717, 1.165) is 9.87 Å². The van der Waals surface area contributed by atoms with Gasteiger partial charge in [-0.25, -0.2) is 12.7 Å². The molecule has 7 heteroatoms. The highest BCUT2D eigenvalue weighted by atomic mass is 32.2. The maximum Gasteiger partial charge on any atom is 0.256 e. The van der Waals surface area contributed by atoms with Gasteiger partial charge in [-0.2, -0.15) is 0 Å². The second kappa shape index (κ2) is 8.97. The van der Waals surface area contributed by atoms with Gasteiger partial charge in [0.15, 0.2) is 0 Å². The molecule has 1 amide bonds. The minimum absolute atomic E-state index is 0.0813. The molecule has 2 aromatic carbocycles. The van der Waals surface area contributed by atoms with Crippen LogP contribution in [0.5, 0.6) is 5.75 Å². The van der Waals surface area contributed by atoms with E-state index in [0.29, 0.717) is 22.9 Å². The Bertz CT molecular complexity index is 996. The van der Waals surface area contributed by atoms with E-state index in [-0.39, 0.29) is 16.7 Å². The number of ether oxygens (including phenoxy) is 1. The average molecular weight is 419 g/mol. The SMILES string of the molecule is COc1ccc(S(=O)(=O)N(C)C)cc1NC(=O)c1ccc(C(C)C)cc1C(C)C. The normalized spacial score (nSPS) is 11.9. The van der Waals surface area contributed by atoms with E-state index in [9.17, 15) is 13.2 Å². The Labute approximate surface area is 173 Å². The molecule has 158 valence electrons. The van der Waals surface area contributed by atoms with Gasteiger partial charge in [-0.3, -0.25) is 4.79 Å². The number of carbonyl (C=O) groups is 1. The van der Waals surface area contributed by atoms with Crippen LogP contribution in [0.4, 0.5) is 5.69 Å². The van der Waals surface area contributed by atoms with E-state index in [1.807, 2.05) is 26.0 Å². The van der Waals surface area contributed by atoms with Gasteiger partial charge in [0.25, 0.3) is 5.91 Å². The van der Waals surface area contributed by atoms with E-state index < -0.39 is 10.0 Å². The average Bonchev–Trinajstić information content (AvgIpc) is 2.66. The van der Waals surface area contributed by atoms with Crippen molar-refractivity contribution < 1.29 is 17.9 Å². The summed E-state index contributed by atoms with van der Waals surface area (Å²) in [5.41, 5.74) is 2.99. The molecule has 0 saturated heterocycles. The van der Waals surface area contributed by atoms with Crippen molar-refractivity contribution in [1.29, 1.82) is 0 Å².